The molecule has 1 unspecified atom stereocenters. The molecule has 3 N–H and O–H groups in total. The van der Waals surface area contributed by atoms with Crippen LogP contribution in [0.4, 0.5) is 5.69 Å². The van der Waals surface area contributed by atoms with Gasteiger partial charge in [0.1, 0.15) is 0 Å². The van der Waals surface area contributed by atoms with Gasteiger partial charge in [-0.05, 0) is 13.3 Å². The Morgan fingerprint density at radius 2 is 2.31 bits per heavy atom. The molecular formula is C10H19ClN4O. The van der Waals surface area contributed by atoms with Gasteiger partial charge in [-0.1, -0.05) is 13.3 Å². The summed E-state index contributed by atoms with van der Waals surface area (Å²) in [4.78, 5) is 11.5. The lowest BCUT2D eigenvalue weighted by Gasteiger charge is -2.09. The molecule has 1 aromatic rings. The van der Waals surface area contributed by atoms with Crippen molar-refractivity contribution < 1.29 is 4.79 Å². The number of aromatic nitrogens is 2. The van der Waals surface area contributed by atoms with E-state index in [0.29, 0.717) is 12.1 Å². The molecule has 0 saturated heterocycles. The first-order valence-corrected chi connectivity index (χ1v) is 5.26. The van der Waals surface area contributed by atoms with E-state index in [9.17, 15) is 4.79 Å². The zero-order valence-electron chi connectivity index (χ0n) is 9.64. The summed E-state index contributed by atoms with van der Waals surface area (Å²) in [6.07, 6.45) is 5.02. The van der Waals surface area contributed by atoms with E-state index in [1.165, 1.54) is 0 Å². The second-order valence-electron chi connectivity index (χ2n) is 3.47. The molecule has 1 heterocycles. The van der Waals surface area contributed by atoms with Crippen molar-refractivity contribution in [2.45, 2.75) is 39.3 Å². The van der Waals surface area contributed by atoms with Crippen LogP contribution in [0.15, 0.2) is 12.4 Å². The number of aryl methyl sites for hydroxylation is 1. The number of nitrogens with two attached hydrogens (primary N) is 1. The molecule has 1 atom stereocenters. The first kappa shape index (κ1) is 14.9. The lowest BCUT2D eigenvalue weighted by molar-refractivity contribution is -0.117. The van der Waals surface area contributed by atoms with Crippen molar-refractivity contribution in [3.05, 3.63) is 12.4 Å². The topological polar surface area (TPSA) is 72.9 Å². The third-order valence-corrected chi connectivity index (χ3v) is 2.16. The summed E-state index contributed by atoms with van der Waals surface area (Å²) in [6, 6.07) is -0.431. The minimum absolute atomic E-state index is 0. The smallest absolute Gasteiger partial charge is 0.241 e. The molecule has 0 aliphatic heterocycles. The van der Waals surface area contributed by atoms with E-state index in [0.717, 1.165) is 13.0 Å². The van der Waals surface area contributed by atoms with Crippen molar-refractivity contribution in [3.8, 4) is 0 Å². The lowest BCUT2D eigenvalue weighted by Crippen LogP contribution is -2.35. The summed E-state index contributed by atoms with van der Waals surface area (Å²) >= 11 is 0. The van der Waals surface area contributed by atoms with Crippen LogP contribution < -0.4 is 11.1 Å². The summed E-state index contributed by atoms with van der Waals surface area (Å²) in [6.45, 7) is 4.78. The molecule has 6 heteroatoms. The maximum Gasteiger partial charge on any atom is 0.241 e. The van der Waals surface area contributed by atoms with Crippen LogP contribution in [0.3, 0.4) is 0 Å². The highest BCUT2D eigenvalue weighted by molar-refractivity contribution is 5.94. The Labute approximate surface area is 102 Å². The fourth-order valence-corrected chi connectivity index (χ4v) is 1.28. The highest BCUT2D eigenvalue weighted by Gasteiger charge is 2.12. The Morgan fingerprint density at radius 1 is 1.62 bits per heavy atom. The molecule has 92 valence electrons. The van der Waals surface area contributed by atoms with Gasteiger partial charge in [0.25, 0.3) is 0 Å². The third kappa shape index (κ3) is 4.20. The Bertz CT molecular complexity index is 326. The second-order valence-corrected chi connectivity index (χ2v) is 3.47. The van der Waals surface area contributed by atoms with E-state index in [2.05, 4.69) is 10.4 Å². The van der Waals surface area contributed by atoms with Crippen molar-refractivity contribution >= 4 is 24.0 Å². The number of halogens is 1. The van der Waals surface area contributed by atoms with Crippen LogP contribution in [-0.2, 0) is 11.3 Å². The largest absolute Gasteiger partial charge is 0.322 e. The zero-order valence-corrected chi connectivity index (χ0v) is 10.5. The van der Waals surface area contributed by atoms with Gasteiger partial charge in [0.2, 0.25) is 5.91 Å². The minimum atomic E-state index is -0.431. The number of hydrogen-bond acceptors (Lipinski definition) is 3. The van der Waals surface area contributed by atoms with E-state index in [1.54, 1.807) is 17.1 Å². The lowest BCUT2D eigenvalue weighted by atomic mass is 10.2. The Kier molecular flexibility index (Phi) is 6.76. The number of carbonyl (C=O) groups is 1. The molecule has 1 rings (SSSR count). The van der Waals surface area contributed by atoms with Gasteiger partial charge >= 0.3 is 0 Å². The summed E-state index contributed by atoms with van der Waals surface area (Å²) in [7, 11) is 0. The fourth-order valence-electron chi connectivity index (χ4n) is 1.28. The predicted octanol–water partition coefficient (Wildman–Crippen LogP) is 1.39. The molecule has 0 radical (unpaired) electrons. The molecule has 1 aromatic heterocycles. The average molecular weight is 247 g/mol. The number of amides is 1. The summed E-state index contributed by atoms with van der Waals surface area (Å²) < 4.78 is 1.75. The van der Waals surface area contributed by atoms with Gasteiger partial charge in [-0.2, -0.15) is 5.10 Å². The zero-order chi connectivity index (χ0) is 11.3. The van der Waals surface area contributed by atoms with Crippen LogP contribution in [0, 0.1) is 0 Å². The SMILES string of the molecule is CCCC(N)C(=O)Nc1cnn(CC)c1.Cl. The van der Waals surface area contributed by atoms with Crippen LogP contribution in [0.1, 0.15) is 26.7 Å². The van der Waals surface area contributed by atoms with E-state index >= 15 is 0 Å². The molecule has 1 amide bonds. The molecule has 0 aliphatic carbocycles. The van der Waals surface area contributed by atoms with Crippen molar-refractivity contribution in [1.82, 2.24) is 9.78 Å². The Hall–Kier alpha value is -1.07. The summed E-state index contributed by atoms with van der Waals surface area (Å²) in [5.74, 6) is -0.146. The quantitative estimate of drug-likeness (QED) is 0.825. The molecule has 0 aromatic carbocycles. The van der Waals surface area contributed by atoms with Crippen molar-refractivity contribution in [1.29, 1.82) is 0 Å². The Morgan fingerprint density at radius 3 is 2.81 bits per heavy atom. The Balaban J connectivity index is 0.00000225. The maximum absolute atomic E-state index is 11.5. The monoisotopic (exact) mass is 246 g/mol. The highest BCUT2D eigenvalue weighted by atomic mass is 35.5. The molecular weight excluding hydrogens is 228 g/mol. The van der Waals surface area contributed by atoms with Crippen molar-refractivity contribution in [2.75, 3.05) is 5.32 Å². The van der Waals surface area contributed by atoms with Gasteiger partial charge in [0.05, 0.1) is 17.9 Å². The number of rotatable bonds is 5. The van der Waals surface area contributed by atoms with Gasteiger partial charge < -0.3 is 11.1 Å². The average Bonchev–Trinajstić information content (AvgIpc) is 2.66. The number of nitrogens with zero attached hydrogens (tertiary/aromatic N) is 2. The second kappa shape index (κ2) is 7.24. The summed E-state index contributed by atoms with van der Waals surface area (Å²) in [5.41, 5.74) is 6.38. The van der Waals surface area contributed by atoms with Gasteiger partial charge in [0, 0.05) is 12.7 Å². The van der Waals surface area contributed by atoms with Crippen LogP contribution in [0.25, 0.3) is 0 Å². The molecule has 0 fully saturated rings. The standard InChI is InChI=1S/C10H18N4O.ClH/c1-3-5-9(11)10(15)13-8-6-12-14(4-2)7-8;/h6-7,9H,3-5,11H2,1-2H3,(H,13,15);1H. The number of anilines is 1. The molecule has 16 heavy (non-hydrogen) atoms. The van der Waals surface area contributed by atoms with Crippen molar-refractivity contribution in [2.24, 2.45) is 5.73 Å². The first-order valence-electron chi connectivity index (χ1n) is 5.26. The van der Waals surface area contributed by atoms with Gasteiger partial charge in [0.15, 0.2) is 0 Å². The third-order valence-electron chi connectivity index (χ3n) is 2.16. The van der Waals surface area contributed by atoms with E-state index in [-0.39, 0.29) is 18.3 Å². The predicted molar refractivity (Wildman–Crippen MR) is 66.7 cm³/mol. The van der Waals surface area contributed by atoms with Crippen LogP contribution in [0.2, 0.25) is 0 Å². The fraction of sp³-hybridized carbons (Fsp3) is 0.600. The van der Waals surface area contributed by atoms with Crippen LogP contribution in [-0.4, -0.2) is 21.7 Å². The van der Waals surface area contributed by atoms with E-state index < -0.39 is 6.04 Å². The van der Waals surface area contributed by atoms with Crippen molar-refractivity contribution in [3.63, 3.8) is 0 Å². The molecule has 0 spiro atoms. The molecule has 0 saturated carbocycles. The normalized spacial score (nSPS) is 11.7. The minimum Gasteiger partial charge on any atom is -0.322 e. The summed E-state index contributed by atoms with van der Waals surface area (Å²) in [5, 5.41) is 6.79. The van der Waals surface area contributed by atoms with E-state index in [1.807, 2.05) is 13.8 Å². The molecule has 0 bridgehead atoms. The van der Waals surface area contributed by atoms with Gasteiger partial charge in [-0.25, -0.2) is 0 Å². The van der Waals surface area contributed by atoms with Gasteiger partial charge in [-0.3, -0.25) is 9.48 Å². The number of hydrogen-bond donors (Lipinski definition) is 2. The molecule has 5 nitrogen and oxygen atoms in total. The number of nitrogens with one attached hydrogen (secondary N) is 1. The first-order chi connectivity index (χ1) is 7.17. The number of carbonyl (C=O) groups excluding carboxylic acids is 1. The van der Waals surface area contributed by atoms with E-state index in [4.69, 9.17) is 5.73 Å². The van der Waals surface area contributed by atoms with Gasteiger partial charge in [-0.15, -0.1) is 12.4 Å². The van der Waals surface area contributed by atoms with Crippen LogP contribution >= 0.6 is 12.4 Å². The molecule has 0 aliphatic rings. The van der Waals surface area contributed by atoms with Crippen LogP contribution in [0.5, 0.6) is 0 Å². The maximum atomic E-state index is 11.5. The highest BCUT2D eigenvalue weighted by Crippen LogP contribution is 2.06.